The van der Waals surface area contributed by atoms with Crippen LogP contribution in [0.2, 0.25) is 0 Å². The fourth-order valence-electron chi connectivity index (χ4n) is 2.89. The van der Waals surface area contributed by atoms with Gasteiger partial charge in [0.15, 0.2) is 0 Å². The number of nitrogens with one attached hydrogen (secondary N) is 1. The van der Waals surface area contributed by atoms with Crippen LogP contribution >= 0.6 is 0 Å². The Balaban J connectivity index is 2.18. The molecule has 0 atom stereocenters. The molecule has 2 rings (SSSR count). The molecule has 0 heterocycles. The highest BCUT2D eigenvalue weighted by Crippen LogP contribution is 2.25. The molecule has 1 N–H and O–H groups in total. The molecule has 0 saturated carbocycles. The molecule has 0 saturated heterocycles. The van der Waals surface area contributed by atoms with Gasteiger partial charge in [0.2, 0.25) is 0 Å². The molecule has 112 valence electrons. The van der Waals surface area contributed by atoms with Crippen molar-refractivity contribution in [3.63, 3.8) is 0 Å². The standard InChI is InChI=1S/C20H27N/c1-4-15-20(2,3)21-16-19(17-11-7-5-8-12-17)18-13-9-6-10-14-18/h5-14,19,21H,4,15-16H2,1-3H3. The summed E-state index contributed by atoms with van der Waals surface area (Å²) in [7, 11) is 0. The number of benzene rings is 2. The van der Waals surface area contributed by atoms with Gasteiger partial charge in [-0.2, -0.15) is 0 Å². The molecule has 0 aromatic heterocycles. The van der Waals surface area contributed by atoms with E-state index in [9.17, 15) is 0 Å². The summed E-state index contributed by atoms with van der Waals surface area (Å²) in [5.41, 5.74) is 2.95. The van der Waals surface area contributed by atoms with E-state index in [0.29, 0.717) is 5.92 Å². The van der Waals surface area contributed by atoms with E-state index >= 15 is 0 Å². The van der Waals surface area contributed by atoms with Gasteiger partial charge >= 0.3 is 0 Å². The zero-order valence-corrected chi connectivity index (χ0v) is 13.5. The summed E-state index contributed by atoms with van der Waals surface area (Å²) in [6.45, 7) is 7.81. The van der Waals surface area contributed by atoms with Crippen LogP contribution < -0.4 is 5.32 Å². The highest BCUT2D eigenvalue weighted by molar-refractivity contribution is 5.32. The van der Waals surface area contributed by atoms with Crippen molar-refractivity contribution in [3.8, 4) is 0 Å². The maximum Gasteiger partial charge on any atom is 0.0214 e. The molecular formula is C20H27N. The first-order valence-electron chi connectivity index (χ1n) is 7.97. The fourth-order valence-corrected chi connectivity index (χ4v) is 2.89. The highest BCUT2D eigenvalue weighted by atomic mass is 15.0. The first kappa shape index (κ1) is 15.8. The van der Waals surface area contributed by atoms with E-state index in [1.54, 1.807) is 0 Å². The fraction of sp³-hybridized carbons (Fsp3) is 0.400. The van der Waals surface area contributed by atoms with Gasteiger partial charge in [0, 0.05) is 18.0 Å². The van der Waals surface area contributed by atoms with Crippen molar-refractivity contribution in [2.45, 2.75) is 45.1 Å². The van der Waals surface area contributed by atoms with Crippen LogP contribution in [0, 0.1) is 0 Å². The summed E-state index contributed by atoms with van der Waals surface area (Å²) in [6.07, 6.45) is 2.41. The summed E-state index contributed by atoms with van der Waals surface area (Å²) >= 11 is 0. The normalized spacial score (nSPS) is 11.8. The van der Waals surface area contributed by atoms with E-state index in [1.807, 2.05) is 0 Å². The number of hydrogen-bond acceptors (Lipinski definition) is 1. The summed E-state index contributed by atoms with van der Waals surface area (Å²) in [5, 5.41) is 3.76. The molecule has 0 bridgehead atoms. The average molecular weight is 281 g/mol. The Morgan fingerprint density at radius 3 is 1.76 bits per heavy atom. The van der Waals surface area contributed by atoms with E-state index in [4.69, 9.17) is 0 Å². The van der Waals surface area contributed by atoms with Gasteiger partial charge in [0.1, 0.15) is 0 Å². The summed E-state index contributed by atoms with van der Waals surface area (Å²) < 4.78 is 0. The van der Waals surface area contributed by atoms with E-state index in [-0.39, 0.29) is 5.54 Å². The number of hydrogen-bond donors (Lipinski definition) is 1. The summed E-state index contributed by atoms with van der Waals surface area (Å²) in [6, 6.07) is 21.6. The molecule has 0 amide bonds. The minimum absolute atomic E-state index is 0.191. The van der Waals surface area contributed by atoms with Crippen molar-refractivity contribution in [2.75, 3.05) is 6.54 Å². The smallest absolute Gasteiger partial charge is 0.0214 e. The molecule has 0 unspecified atom stereocenters. The third-order valence-electron chi connectivity index (χ3n) is 4.06. The molecule has 0 aliphatic rings. The topological polar surface area (TPSA) is 12.0 Å². The van der Waals surface area contributed by atoms with Crippen molar-refractivity contribution >= 4 is 0 Å². The van der Waals surface area contributed by atoms with Gasteiger partial charge in [0.25, 0.3) is 0 Å². The molecule has 1 nitrogen and oxygen atoms in total. The van der Waals surface area contributed by atoms with Crippen molar-refractivity contribution in [3.05, 3.63) is 71.8 Å². The van der Waals surface area contributed by atoms with Gasteiger partial charge in [-0.1, -0.05) is 74.0 Å². The van der Waals surface area contributed by atoms with Crippen LogP contribution in [0.15, 0.2) is 60.7 Å². The van der Waals surface area contributed by atoms with Crippen molar-refractivity contribution in [1.29, 1.82) is 0 Å². The van der Waals surface area contributed by atoms with Crippen LogP contribution in [0.1, 0.15) is 50.7 Å². The lowest BCUT2D eigenvalue weighted by Gasteiger charge is -2.29. The third kappa shape index (κ3) is 4.71. The third-order valence-corrected chi connectivity index (χ3v) is 4.06. The Hall–Kier alpha value is -1.60. The minimum atomic E-state index is 0.191. The van der Waals surface area contributed by atoms with Gasteiger partial charge < -0.3 is 5.32 Å². The zero-order chi connectivity index (χ0) is 15.1. The van der Waals surface area contributed by atoms with E-state index in [0.717, 1.165) is 6.54 Å². The molecule has 0 fully saturated rings. The zero-order valence-electron chi connectivity index (χ0n) is 13.5. The maximum atomic E-state index is 3.76. The van der Waals surface area contributed by atoms with Gasteiger partial charge in [0.05, 0.1) is 0 Å². The molecule has 0 aliphatic carbocycles. The van der Waals surface area contributed by atoms with Crippen molar-refractivity contribution in [2.24, 2.45) is 0 Å². The first-order valence-corrected chi connectivity index (χ1v) is 7.97. The lowest BCUT2D eigenvalue weighted by molar-refractivity contribution is 0.354. The predicted octanol–water partition coefficient (Wildman–Crippen LogP) is 4.99. The maximum absolute atomic E-state index is 3.76. The Kier molecular flexibility index (Phi) is 5.58. The predicted molar refractivity (Wildman–Crippen MR) is 91.7 cm³/mol. The molecule has 2 aromatic rings. The lowest BCUT2D eigenvalue weighted by atomic mass is 9.89. The Morgan fingerprint density at radius 1 is 0.857 bits per heavy atom. The highest BCUT2D eigenvalue weighted by Gasteiger charge is 2.20. The second kappa shape index (κ2) is 7.42. The van der Waals surface area contributed by atoms with Gasteiger partial charge in [-0.05, 0) is 31.4 Å². The van der Waals surface area contributed by atoms with Crippen LogP contribution in [0.25, 0.3) is 0 Å². The molecule has 1 heteroatoms. The van der Waals surface area contributed by atoms with Crippen LogP contribution in [-0.4, -0.2) is 12.1 Å². The van der Waals surface area contributed by atoms with Gasteiger partial charge in [-0.3, -0.25) is 0 Å². The molecule has 0 spiro atoms. The van der Waals surface area contributed by atoms with E-state index in [1.165, 1.54) is 24.0 Å². The average Bonchev–Trinajstić information content (AvgIpc) is 2.49. The minimum Gasteiger partial charge on any atom is -0.311 e. The van der Waals surface area contributed by atoms with Crippen LogP contribution in [0.4, 0.5) is 0 Å². The molecular weight excluding hydrogens is 254 g/mol. The summed E-state index contributed by atoms with van der Waals surface area (Å²) in [5.74, 6) is 0.406. The van der Waals surface area contributed by atoms with Gasteiger partial charge in [-0.15, -0.1) is 0 Å². The van der Waals surface area contributed by atoms with Crippen LogP contribution in [0.3, 0.4) is 0 Å². The van der Waals surface area contributed by atoms with Crippen molar-refractivity contribution < 1.29 is 0 Å². The molecule has 0 radical (unpaired) electrons. The van der Waals surface area contributed by atoms with Crippen LogP contribution in [0.5, 0.6) is 0 Å². The van der Waals surface area contributed by atoms with E-state index < -0.39 is 0 Å². The largest absolute Gasteiger partial charge is 0.311 e. The quantitative estimate of drug-likeness (QED) is 0.754. The monoisotopic (exact) mass is 281 g/mol. The van der Waals surface area contributed by atoms with E-state index in [2.05, 4.69) is 86.8 Å². The first-order chi connectivity index (χ1) is 10.1. The molecule has 21 heavy (non-hydrogen) atoms. The Labute approximate surface area is 129 Å². The summed E-state index contributed by atoms with van der Waals surface area (Å²) in [4.78, 5) is 0. The van der Waals surface area contributed by atoms with Crippen molar-refractivity contribution in [1.82, 2.24) is 5.32 Å². The molecule has 2 aromatic carbocycles. The second-order valence-electron chi connectivity index (χ2n) is 6.39. The second-order valence-corrected chi connectivity index (χ2v) is 6.39. The van der Waals surface area contributed by atoms with Crippen LogP contribution in [-0.2, 0) is 0 Å². The number of rotatable bonds is 7. The lowest BCUT2D eigenvalue weighted by Crippen LogP contribution is -2.41. The van der Waals surface area contributed by atoms with Gasteiger partial charge in [-0.25, -0.2) is 0 Å². The SMILES string of the molecule is CCCC(C)(C)NCC(c1ccccc1)c1ccccc1. The molecule has 0 aliphatic heterocycles. The Morgan fingerprint density at radius 2 is 1.33 bits per heavy atom. The Bertz CT molecular complexity index is 477.